The van der Waals surface area contributed by atoms with Crippen LogP contribution in [0.1, 0.15) is 32.8 Å². The number of likely N-dealkylation sites (N-methyl/N-ethyl adjacent to an activating group) is 1. The standard InChI is InChI=1S/C20H31N3O3S/c1-5-12-21-20(27)22-17-15-16(9-11-19(24)25-4)8-10-18(17)26-14-13-23(6-2)7-3/h8-11,15H,5-7,12-14H2,1-4H3,(H2,21,22,27)/b11-9+. The van der Waals surface area contributed by atoms with Gasteiger partial charge in [-0.3, -0.25) is 0 Å². The number of hydrogen-bond donors (Lipinski definition) is 2. The molecule has 150 valence electrons. The molecule has 6 nitrogen and oxygen atoms in total. The minimum Gasteiger partial charge on any atom is -0.490 e. The lowest BCUT2D eigenvalue weighted by Gasteiger charge is -2.19. The average Bonchev–Trinajstić information content (AvgIpc) is 2.68. The second-order valence-electron chi connectivity index (χ2n) is 5.87. The van der Waals surface area contributed by atoms with Gasteiger partial charge in [0.15, 0.2) is 5.11 Å². The minimum absolute atomic E-state index is 0.399. The molecule has 0 aliphatic rings. The molecule has 0 aliphatic carbocycles. The Balaban J connectivity index is 2.89. The third kappa shape index (κ3) is 8.88. The van der Waals surface area contributed by atoms with Gasteiger partial charge in [0, 0.05) is 19.2 Å². The molecule has 0 fully saturated rings. The highest BCUT2D eigenvalue weighted by molar-refractivity contribution is 7.80. The number of benzene rings is 1. The van der Waals surface area contributed by atoms with Gasteiger partial charge in [-0.1, -0.05) is 26.8 Å². The van der Waals surface area contributed by atoms with E-state index in [1.165, 1.54) is 13.2 Å². The van der Waals surface area contributed by atoms with Crippen LogP contribution in [0.5, 0.6) is 5.75 Å². The maximum absolute atomic E-state index is 11.3. The molecule has 0 saturated heterocycles. The summed E-state index contributed by atoms with van der Waals surface area (Å²) in [6.07, 6.45) is 4.06. The van der Waals surface area contributed by atoms with Crippen molar-refractivity contribution in [2.24, 2.45) is 0 Å². The third-order valence-corrected chi connectivity index (χ3v) is 4.21. The molecule has 0 amide bonds. The lowest BCUT2D eigenvalue weighted by molar-refractivity contribution is -0.134. The number of esters is 1. The second-order valence-corrected chi connectivity index (χ2v) is 6.28. The Labute approximate surface area is 167 Å². The maximum Gasteiger partial charge on any atom is 0.330 e. The van der Waals surface area contributed by atoms with Crippen LogP contribution in [0.15, 0.2) is 24.3 Å². The molecule has 0 bridgehead atoms. The zero-order chi connectivity index (χ0) is 20.1. The second kappa shape index (κ2) is 13.1. The molecule has 0 heterocycles. The van der Waals surface area contributed by atoms with Gasteiger partial charge >= 0.3 is 5.97 Å². The number of hydrogen-bond acceptors (Lipinski definition) is 5. The fraction of sp³-hybridized carbons (Fsp3) is 0.500. The van der Waals surface area contributed by atoms with Gasteiger partial charge in [-0.05, 0) is 55.5 Å². The van der Waals surface area contributed by atoms with Crippen molar-refractivity contribution in [3.05, 3.63) is 29.8 Å². The molecule has 0 aromatic heterocycles. The zero-order valence-corrected chi connectivity index (χ0v) is 17.5. The summed E-state index contributed by atoms with van der Waals surface area (Å²) >= 11 is 5.34. The number of nitrogens with one attached hydrogen (secondary N) is 2. The van der Waals surface area contributed by atoms with Gasteiger partial charge in [-0.2, -0.15) is 0 Å². The molecule has 0 radical (unpaired) electrons. The summed E-state index contributed by atoms with van der Waals surface area (Å²) in [5.41, 5.74) is 1.60. The van der Waals surface area contributed by atoms with E-state index >= 15 is 0 Å². The van der Waals surface area contributed by atoms with Gasteiger partial charge in [0.2, 0.25) is 0 Å². The molecule has 0 aliphatic heterocycles. The SMILES string of the molecule is CCCNC(=S)Nc1cc(/C=C/C(=O)OC)ccc1OCCN(CC)CC. The summed E-state index contributed by atoms with van der Waals surface area (Å²) in [5, 5.41) is 6.87. The van der Waals surface area contributed by atoms with E-state index in [0.717, 1.165) is 49.6 Å². The molecule has 1 aromatic carbocycles. The molecule has 0 saturated carbocycles. The number of methoxy groups -OCH3 is 1. The van der Waals surface area contributed by atoms with Crippen molar-refractivity contribution in [1.29, 1.82) is 0 Å². The number of carbonyl (C=O) groups is 1. The Morgan fingerprint density at radius 3 is 2.63 bits per heavy atom. The molecule has 7 heteroatoms. The predicted octanol–water partition coefficient (Wildman–Crippen LogP) is 3.29. The fourth-order valence-corrected chi connectivity index (χ4v) is 2.55. The van der Waals surface area contributed by atoms with Crippen LogP contribution in [-0.4, -0.2) is 55.9 Å². The Kier molecular flexibility index (Phi) is 11.1. The lowest BCUT2D eigenvalue weighted by Crippen LogP contribution is -2.30. The van der Waals surface area contributed by atoms with Crippen LogP contribution in [0.3, 0.4) is 0 Å². The Morgan fingerprint density at radius 1 is 1.26 bits per heavy atom. The van der Waals surface area contributed by atoms with E-state index in [1.807, 2.05) is 18.2 Å². The normalized spacial score (nSPS) is 10.9. The largest absolute Gasteiger partial charge is 0.490 e. The van der Waals surface area contributed by atoms with Crippen molar-refractivity contribution in [2.75, 3.05) is 45.2 Å². The first kappa shape index (κ1) is 22.9. The van der Waals surface area contributed by atoms with Crippen molar-refractivity contribution in [3.8, 4) is 5.75 Å². The van der Waals surface area contributed by atoms with Crippen LogP contribution in [0.25, 0.3) is 6.08 Å². The molecule has 27 heavy (non-hydrogen) atoms. The summed E-state index contributed by atoms with van der Waals surface area (Å²) in [5.74, 6) is 0.321. The van der Waals surface area contributed by atoms with E-state index in [-0.39, 0.29) is 0 Å². The molecule has 0 atom stereocenters. The summed E-state index contributed by atoms with van der Waals surface area (Å²) in [6, 6.07) is 5.66. The van der Waals surface area contributed by atoms with Gasteiger partial charge in [0.25, 0.3) is 0 Å². The topological polar surface area (TPSA) is 62.8 Å². The first-order chi connectivity index (χ1) is 13.0. The number of carbonyl (C=O) groups excluding carboxylic acids is 1. The van der Waals surface area contributed by atoms with Crippen molar-refractivity contribution in [2.45, 2.75) is 27.2 Å². The van der Waals surface area contributed by atoms with Crippen LogP contribution >= 0.6 is 12.2 Å². The highest BCUT2D eigenvalue weighted by atomic mass is 32.1. The molecule has 0 unspecified atom stereocenters. The summed E-state index contributed by atoms with van der Waals surface area (Å²) < 4.78 is 10.6. The zero-order valence-electron chi connectivity index (χ0n) is 16.7. The molecule has 1 rings (SSSR count). The number of ether oxygens (including phenoxy) is 2. The highest BCUT2D eigenvalue weighted by Gasteiger charge is 2.08. The number of nitrogens with zero attached hydrogens (tertiary/aromatic N) is 1. The Hall–Kier alpha value is -2.12. The average molecular weight is 394 g/mol. The van der Waals surface area contributed by atoms with E-state index in [0.29, 0.717) is 11.7 Å². The molecular formula is C20H31N3O3S. The van der Waals surface area contributed by atoms with Gasteiger partial charge in [0.05, 0.1) is 12.8 Å². The maximum atomic E-state index is 11.3. The number of thiocarbonyl (C=S) groups is 1. The predicted molar refractivity (Wildman–Crippen MR) is 115 cm³/mol. The van der Waals surface area contributed by atoms with E-state index in [1.54, 1.807) is 6.08 Å². The van der Waals surface area contributed by atoms with Gasteiger partial charge in [-0.15, -0.1) is 0 Å². The lowest BCUT2D eigenvalue weighted by atomic mass is 10.1. The minimum atomic E-state index is -0.399. The molecule has 2 N–H and O–H groups in total. The Morgan fingerprint density at radius 2 is 2.00 bits per heavy atom. The molecule has 1 aromatic rings. The first-order valence-electron chi connectivity index (χ1n) is 9.34. The van der Waals surface area contributed by atoms with E-state index in [4.69, 9.17) is 17.0 Å². The van der Waals surface area contributed by atoms with Gasteiger partial charge in [0.1, 0.15) is 12.4 Å². The van der Waals surface area contributed by atoms with E-state index in [2.05, 4.69) is 41.0 Å². The van der Waals surface area contributed by atoms with E-state index in [9.17, 15) is 4.79 Å². The number of rotatable bonds is 11. The Bertz CT molecular complexity index is 631. The van der Waals surface area contributed by atoms with Crippen LogP contribution in [-0.2, 0) is 9.53 Å². The van der Waals surface area contributed by atoms with Crippen LogP contribution in [0.4, 0.5) is 5.69 Å². The number of anilines is 1. The molecule has 0 spiro atoms. The van der Waals surface area contributed by atoms with Crippen LogP contribution in [0, 0.1) is 0 Å². The monoisotopic (exact) mass is 393 g/mol. The summed E-state index contributed by atoms with van der Waals surface area (Å²) in [4.78, 5) is 13.6. The van der Waals surface area contributed by atoms with Gasteiger partial charge < -0.3 is 25.0 Å². The van der Waals surface area contributed by atoms with Crippen molar-refractivity contribution in [3.63, 3.8) is 0 Å². The van der Waals surface area contributed by atoms with Crippen LogP contribution < -0.4 is 15.4 Å². The van der Waals surface area contributed by atoms with Crippen LogP contribution in [0.2, 0.25) is 0 Å². The van der Waals surface area contributed by atoms with Crippen molar-refractivity contribution in [1.82, 2.24) is 10.2 Å². The van der Waals surface area contributed by atoms with Crippen molar-refractivity contribution >= 4 is 35.1 Å². The fourth-order valence-electron chi connectivity index (χ4n) is 2.34. The third-order valence-electron chi connectivity index (χ3n) is 3.96. The highest BCUT2D eigenvalue weighted by Crippen LogP contribution is 2.26. The van der Waals surface area contributed by atoms with Gasteiger partial charge in [-0.25, -0.2) is 4.79 Å². The first-order valence-corrected chi connectivity index (χ1v) is 9.74. The summed E-state index contributed by atoms with van der Waals surface area (Å²) in [7, 11) is 1.35. The smallest absolute Gasteiger partial charge is 0.330 e. The molecular weight excluding hydrogens is 362 g/mol. The van der Waals surface area contributed by atoms with E-state index < -0.39 is 5.97 Å². The summed E-state index contributed by atoms with van der Waals surface area (Å²) in [6.45, 7) is 10.6. The quantitative estimate of drug-likeness (QED) is 0.340. The van der Waals surface area contributed by atoms with Crippen molar-refractivity contribution < 1.29 is 14.3 Å².